The Bertz CT molecular complexity index is 126. The highest BCUT2D eigenvalue weighted by atomic mass is 16.5. The summed E-state index contributed by atoms with van der Waals surface area (Å²) in [6.07, 6.45) is 4.41. The Balaban J connectivity index is 2.36. The van der Waals surface area contributed by atoms with Crippen molar-refractivity contribution in [2.24, 2.45) is 0 Å². The molecule has 1 saturated heterocycles. The fourth-order valence-electron chi connectivity index (χ4n) is 2.14. The van der Waals surface area contributed by atoms with Gasteiger partial charge in [-0.1, -0.05) is 6.92 Å². The van der Waals surface area contributed by atoms with Crippen LogP contribution in [0.4, 0.5) is 0 Å². The molecule has 0 spiro atoms. The largest absolute Gasteiger partial charge is 0.376 e. The van der Waals surface area contributed by atoms with Crippen molar-refractivity contribution in [2.75, 3.05) is 33.8 Å². The highest BCUT2D eigenvalue weighted by molar-refractivity contribution is 4.58. The summed E-state index contributed by atoms with van der Waals surface area (Å²) in [7, 11) is 4.19. The van der Waals surface area contributed by atoms with Gasteiger partial charge < -0.3 is 9.22 Å². The number of rotatable bonds is 4. The Morgan fingerprint density at radius 2 is 1.92 bits per heavy atom. The molecule has 0 aromatic carbocycles. The number of likely N-dealkylation sites (tertiary alicyclic amines) is 1. The number of hydrogen-bond acceptors (Lipinski definition) is 1. The van der Waals surface area contributed by atoms with Gasteiger partial charge in [0, 0.05) is 20.0 Å². The van der Waals surface area contributed by atoms with Gasteiger partial charge in [0.25, 0.3) is 0 Å². The molecule has 1 atom stereocenters. The van der Waals surface area contributed by atoms with Crippen LogP contribution in [-0.2, 0) is 4.74 Å². The summed E-state index contributed by atoms with van der Waals surface area (Å²) in [5, 5.41) is 0. The summed E-state index contributed by atoms with van der Waals surface area (Å²) in [5.74, 6) is 0. The van der Waals surface area contributed by atoms with Crippen LogP contribution in [0.1, 0.15) is 26.2 Å². The standard InChI is InChI=1S/C10H22NO/c1-4-10(12-3)9-11(2)7-5-6-8-11/h10H,4-9H2,1-3H3/q+1. The van der Waals surface area contributed by atoms with Gasteiger partial charge in [0.1, 0.15) is 12.6 Å². The van der Waals surface area contributed by atoms with Crippen LogP contribution in [0.2, 0.25) is 0 Å². The maximum Gasteiger partial charge on any atom is 0.106 e. The zero-order valence-corrected chi connectivity index (χ0v) is 8.68. The summed E-state index contributed by atoms with van der Waals surface area (Å²) in [6, 6.07) is 0. The molecule has 0 bridgehead atoms. The lowest BCUT2D eigenvalue weighted by Gasteiger charge is -2.32. The Kier molecular flexibility index (Phi) is 3.53. The highest BCUT2D eigenvalue weighted by Gasteiger charge is 2.29. The van der Waals surface area contributed by atoms with E-state index in [1.165, 1.54) is 37.0 Å². The second kappa shape index (κ2) is 4.24. The fourth-order valence-corrected chi connectivity index (χ4v) is 2.14. The molecule has 0 aromatic heterocycles. The van der Waals surface area contributed by atoms with Gasteiger partial charge in [-0.25, -0.2) is 0 Å². The third-order valence-electron chi connectivity index (χ3n) is 3.08. The number of methoxy groups -OCH3 is 1. The van der Waals surface area contributed by atoms with Gasteiger partial charge in [-0.2, -0.15) is 0 Å². The molecule has 1 rings (SSSR count). The molecule has 0 radical (unpaired) electrons. The number of ether oxygens (including phenoxy) is 1. The molecule has 1 unspecified atom stereocenters. The van der Waals surface area contributed by atoms with Gasteiger partial charge in [-0.05, 0) is 6.42 Å². The number of likely N-dealkylation sites (N-methyl/N-ethyl adjacent to an activating group) is 1. The van der Waals surface area contributed by atoms with Crippen molar-refractivity contribution in [3.05, 3.63) is 0 Å². The van der Waals surface area contributed by atoms with Crippen LogP contribution in [0.3, 0.4) is 0 Å². The average molecular weight is 172 g/mol. The normalized spacial score (nSPS) is 24.2. The van der Waals surface area contributed by atoms with E-state index in [0.717, 1.165) is 6.42 Å². The smallest absolute Gasteiger partial charge is 0.106 e. The van der Waals surface area contributed by atoms with E-state index >= 15 is 0 Å². The molecule has 0 amide bonds. The SMILES string of the molecule is CCC(C[N+]1(C)CCCC1)OC. The Morgan fingerprint density at radius 1 is 1.33 bits per heavy atom. The predicted octanol–water partition coefficient (Wildman–Crippen LogP) is 1.65. The summed E-state index contributed by atoms with van der Waals surface area (Å²) < 4.78 is 6.64. The molecule has 1 aliphatic rings. The van der Waals surface area contributed by atoms with E-state index in [4.69, 9.17) is 4.74 Å². The van der Waals surface area contributed by atoms with E-state index in [-0.39, 0.29) is 0 Å². The van der Waals surface area contributed by atoms with Gasteiger partial charge in [-0.15, -0.1) is 0 Å². The minimum Gasteiger partial charge on any atom is -0.376 e. The molecule has 0 aliphatic carbocycles. The molecular formula is C10H22NO+. The summed E-state index contributed by atoms with van der Waals surface area (Å²) in [5.41, 5.74) is 0. The maximum atomic E-state index is 5.41. The Labute approximate surface area is 76.1 Å². The lowest BCUT2D eigenvalue weighted by Crippen LogP contribution is -2.46. The van der Waals surface area contributed by atoms with E-state index < -0.39 is 0 Å². The first kappa shape index (κ1) is 10.0. The Morgan fingerprint density at radius 3 is 2.33 bits per heavy atom. The molecule has 1 heterocycles. The van der Waals surface area contributed by atoms with Gasteiger partial charge in [0.05, 0.1) is 20.1 Å². The lowest BCUT2D eigenvalue weighted by atomic mass is 10.2. The summed E-state index contributed by atoms with van der Waals surface area (Å²) in [6.45, 7) is 6.10. The van der Waals surface area contributed by atoms with Crippen molar-refractivity contribution in [2.45, 2.75) is 32.3 Å². The summed E-state index contributed by atoms with van der Waals surface area (Å²) >= 11 is 0. The van der Waals surface area contributed by atoms with Gasteiger partial charge in [-0.3, -0.25) is 0 Å². The zero-order valence-electron chi connectivity index (χ0n) is 8.68. The maximum absolute atomic E-state index is 5.41. The van der Waals surface area contributed by atoms with Crippen LogP contribution >= 0.6 is 0 Å². The second-order valence-corrected chi connectivity index (χ2v) is 4.22. The second-order valence-electron chi connectivity index (χ2n) is 4.22. The highest BCUT2D eigenvalue weighted by Crippen LogP contribution is 2.18. The quantitative estimate of drug-likeness (QED) is 0.586. The number of quaternary nitrogens is 1. The number of nitrogens with zero attached hydrogens (tertiary/aromatic N) is 1. The van der Waals surface area contributed by atoms with E-state index in [9.17, 15) is 0 Å². The van der Waals surface area contributed by atoms with E-state index in [1.54, 1.807) is 0 Å². The zero-order chi connectivity index (χ0) is 9.03. The van der Waals surface area contributed by atoms with Gasteiger partial charge >= 0.3 is 0 Å². The van der Waals surface area contributed by atoms with Crippen molar-refractivity contribution in [1.82, 2.24) is 0 Å². The van der Waals surface area contributed by atoms with Crippen LogP contribution in [0.25, 0.3) is 0 Å². The van der Waals surface area contributed by atoms with Crippen LogP contribution < -0.4 is 0 Å². The molecule has 1 aliphatic heterocycles. The first-order valence-electron chi connectivity index (χ1n) is 5.06. The summed E-state index contributed by atoms with van der Waals surface area (Å²) in [4.78, 5) is 0. The molecule has 2 heteroatoms. The minimum atomic E-state index is 0.466. The molecular weight excluding hydrogens is 150 g/mol. The van der Waals surface area contributed by atoms with E-state index in [1.807, 2.05) is 7.11 Å². The first-order valence-corrected chi connectivity index (χ1v) is 5.06. The molecule has 1 fully saturated rings. The average Bonchev–Trinajstić information content (AvgIpc) is 2.48. The van der Waals surface area contributed by atoms with Crippen molar-refractivity contribution >= 4 is 0 Å². The molecule has 0 aromatic rings. The van der Waals surface area contributed by atoms with Crippen molar-refractivity contribution in [3.8, 4) is 0 Å². The molecule has 0 N–H and O–H groups in total. The molecule has 12 heavy (non-hydrogen) atoms. The lowest BCUT2D eigenvalue weighted by molar-refractivity contribution is -0.900. The third-order valence-corrected chi connectivity index (χ3v) is 3.08. The van der Waals surface area contributed by atoms with Gasteiger partial charge in [0.2, 0.25) is 0 Å². The van der Waals surface area contributed by atoms with E-state index in [2.05, 4.69) is 14.0 Å². The van der Waals surface area contributed by atoms with Crippen LogP contribution in [0, 0.1) is 0 Å². The molecule has 2 nitrogen and oxygen atoms in total. The predicted molar refractivity (Wildman–Crippen MR) is 51.1 cm³/mol. The topological polar surface area (TPSA) is 9.23 Å². The minimum absolute atomic E-state index is 0.466. The first-order chi connectivity index (χ1) is 5.70. The van der Waals surface area contributed by atoms with Gasteiger partial charge in [0.15, 0.2) is 0 Å². The molecule has 0 saturated carbocycles. The molecule has 72 valence electrons. The third kappa shape index (κ3) is 2.46. The van der Waals surface area contributed by atoms with Crippen molar-refractivity contribution in [1.29, 1.82) is 0 Å². The number of hydrogen-bond donors (Lipinski definition) is 0. The van der Waals surface area contributed by atoms with Crippen LogP contribution in [0.5, 0.6) is 0 Å². The fraction of sp³-hybridized carbons (Fsp3) is 1.00. The Hall–Kier alpha value is -0.0800. The van der Waals surface area contributed by atoms with Crippen molar-refractivity contribution < 1.29 is 9.22 Å². The van der Waals surface area contributed by atoms with Crippen LogP contribution in [0.15, 0.2) is 0 Å². The van der Waals surface area contributed by atoms with E-state index in [0.29, 0.717) is 6.10 Å². The van der Waals surface area contributed by atoms with Crippen molar-refractivity contribution in [3.63, 3.8) is 0 Å². The van der Waals surface area contributed by atoms with Crippen LogP contribution in [-0.4, -0.2) is 44.4 Å². The monoisotopic (exact) mass is 172 g/mol.